The Morgan fingerprint density at radius 1 is 1.21 bits per heavy atom. The normalized spacial score (nSPS) is 9.64. The van der Waals surface area contributed by atoms with Crippen LogP contribution in [0.25, 0.3) is 0 Å². The fraction of sp³-hybridized carbons (Fsp3) is 0.143. The second-order valence-electron chi connectivity index (χ2n) is 2.24. The molecule has 1 aromatic rings. The van der Waals surface area contributed by atoms with E-state index in [9.17, 15) is 0 Å². The van der Waals surface area contributed by atoms with Crippen molar-refractivity contribution in [1.82, 2.24) is 0 Å². The molecule has 0 aliphatic carbocycles. The molecule has 0 amide bonds. The fourth-order valence-electron chi connectivity index (χ4n) is 0.798. The minimum Gasteiger partial charge on any atom is -0.493 e. The Kier molecular flexibility index (Phi) is 4.21. The molecule has 0 aliphatic heterocycles. The van der Waals surface area contributed by atoms with Crippen molar-refractivity contribution in [2.45, 2.75) is 0 Å². The molecule has 0 radical (unpaired) electrons. The Balaban J connectivity index is 2.57. The molecule has 0 aliphatic rings. The molecule has 0 heterocycles. The van der Waals surface area contributed by atoms with E-state index in [1.54, 1.807) is 24.3 Å². The lowest BCUT2D eigenvalue weighted by molar-refractivity contribution is -0.229. The Bertz CT molecular complexity index is 281. The molecule has 0 saturated carbocycles. The molecular weight excluding hydrogens is 191 g/mol. The van der Waals surface area contributed by atoms with Crippen LogP contribution in [0, 0.1) is 0 Å². The number of hydrogen-bond donors (Lipinski definition) is 2. The predicted octanol–water partition coefficient (Wildman–Crippen LogP) is 0.472. The SMILES string of the molecule is COc1ccccc1OOB(O)OO. The molecule has 0 fully saturated rings. The van der Waals surface area contributed by atoms with Gasteiger partial charge >= 0.3 is 7.32 Å². The van der Waals surface area contributed by atoms with Crippen LogP contribution in [0.4, 0.5) is 0 Å². The average Bonchev–Trinajstić information content (AvgIpc) is 2.26. The molecule has 6 nitrogen and oxygen atoms in total. The summed E-state index contributed by atoms with van der Waals surface area (Å²) < 4.78 is 4.92. The summed E-state index contributed by atoms with van der Waals surface area (Å²) in [5.41, 5.74) is 0. The third-order valence-corrected chi connectivity index (χ3v) is 1.38. The van der Waals surface area contributed by atoms with Crippen molar-refractivity contribution in [3.05, 3.63) is 24.3 Å². The van der Waals surface area contributed by atoms with Gasteiger partial charge in [0.15, 0.2) is 5.75 Å². The summed E-state index contributed by atoms with van der Waals surface area (Å²) in [4.78, 5) is 12.3. The van der Waals surface area contributed by atoms with Gasteiger partial charge in [0.2, 0.25) is 5.75 Å². The van der Waals surface area contributed by atoms with Gasteiger partial charge in [0.05, 0.1) is 7.11 Å². The number of ether oxygens (including phenoxy) is 1. The predicted molar refractivity (Wildman–Crippen MR) is 46.4 cm³/mol. The first-order chi connectivity index (χ1) is 6.77. The summed E-state index contributed by atoms with van der Waals surface area (Å²) >= 11 is 0. The van der Waals surface area contributed by atoms with E-state index in [1.165, 1.54) is 7.11 Å². The van der Waals surface area contributed by atoms with Gasteiger partial charge in [-0.3, -0.25) is 5.26 Å². The van der Waals surface area contributed by atoms with Crippen molar-refractivity contribution in [2.75, 3.05) is 7.11 Å². The van der Waals surface area contributed by atoms with Crippen LogP contribution in [0.5, 0.6) is 11.5 Å². The molecule has 0 unspecified atom stereocenters. The van der Waals surface area contributed by atoms with Crippen molar-refractivity contribution < 1.29 is 29.5 Å². The zero-order valence-electron chi connectivity index (χ0n) is 7.41. The van der Waals surface area contributed by atoms with Crippen molar-refractivity contribution in [3.63, 3.8) is 0 Å². The maximum Gasteiger partial charge on any atom is 0.703 e. The largest absolute Gasteiger partial charge is 0.703 e. The summed E-state index contributed by atoms with van der Waals surface area (Å²) in [7, 11) is -0.402. The lowest BCUT2D eigenvalue weighted by Gasteiger charge is -2.08. The lowest BCUT2D eigenvalue weighted by Crippen LogP contribution is -2.22. The van der Waals surface area contributed by atoms with Gasteiger partial charge in [0.25, 0.3) is 0 Å². The zero-order valence-corrected chi connectivity index (χ0v) is 7.41. The van der Waals surface area contributed by atoms with E-state index in [2.05, 4.69) is 14.5 Å². The van der Waals surface area contributed by atoms with Gasteiger partial charge in [-0.15, -0.1) is 0 Å². The van der Waals surface area contributed by atoms with Crippen molar-refractivity contribution in [1.29, 1.82) is 0 Å². The summed E-state index contributed by atoms with van der Waals surface area (Å²) in [5, 5.41) is 16.6. The molecular formula is C7H9BO6. The van der Waals surface area contributed by atoms with Crippen LogP contribution >= 0.6 is 0 Å². The molecule has 76 valence electrons. The number of hydrogen-bond acceptors (Lipinski definition) is 6. The van der Waals surface area contributed by atoms with Crippen LogP contribution in [0.1, 0.15) is 0 Å². The highest BCUT2D eigenvalue weighted by molar-refractivity contribution is 6.33. The standard InChI is InChI=1S/C7H9BO6/c1-11-6-4-2-3-5-7(6)12-14-8(9)13-10/h2-5,9-10H,1H3. The van der Waals surface area contributed by atoms with Crippen molar-refractivity contribution >= 4 is 7.32 Å². The quantitative estimate of drug-likeness (QED) is 0.408. The molecule has 1 aromatic carbocycles. The highest BCUT2D eigenvalue weighted by Crippen LogP contribution is 2.25. The van der Waals surface area contributed by atoms with Crippen LogP contribution in [0.2, 0.25) is 0 Å². The van der Waals surface area contributed by atoms with E-state index in [0.717, 1.165) is 0 Å². The minimum atomic E-state index is -1.86. The minimum absolute atomic E-state index is 0.256. The van der Waals surface area contributed by atoms with Gasteiger partial charge in [0, 0.05) is 0 Å². The van der Waals surface area contributed by atoms with Crippen LogP contribution < -0.4 is 9.62 Å². The van der Waals surface area contributed by atoms with Crippen molar-refractivity contribution in [2.24, 2.45) is 0 Å². The van der Waals surface area contributed by atoms with E-state index in [0.29, 0.717) is 5.75 Å². The van der Waals surface area contributed by atoms with Gasteiger partial charge < -0.3 is 14.6 Å². The molecule has 1 rings (SSSR count). The molecule has 2 N–H and O–H groups in total. The van der Waals surface area contributed by atoms with Crippen LogP contribution in [0.15, 0.2) is 24.3 Å². The van der Waals surface area contributed by atoms with E-state index >= 15 is 0 Å². The highest BCUT2D eigenvalue weighted by atomic mass is 17.3. The Hall–Kier alpha value is -1.28. The second kappa shape index (κ2) is 5.45. The molecule has 0 saturated heterocycles. The van der Waals surface area contributed by atoms with E-state index in [-0.39, 0.29) is 5.75 Å². The molecule has 14 heavy (non-hydrogen) atoms. The number of para-hydroxylation sites is 2. The lowest BCUT2D eigenvalue weighted by atomic mass is 10.3. The zero-order chi connectivity index (χ0) is 10.4. The van der Waals surface area contributed by atoms with Gasteiger partial charge in [-0.2, -0.15) is 4.81 Å². The Labute approximate surface area is 80.6 Å². The number of rotatable bonds is 5. The van der Waals surface area contributed by atoms with E-state index in [1.807, 2.05) is 0 Å². The fourth-order valence-corrected chi connectivity index (χ4v) is 0.798. The monoisotopic (exact) mass is 200 g/mol. The summed E-state index contributed by atoms with van der Waals surface area (Å²) in [6, 6.07) is 6.63. The van der Waals surface area contributed by atoms with E-state index < -0.39 is 7.32 Å². The van der Waals surface area contributed by atoms with Crippen LogP contribution in [-0.4, -0.2) is 24.7 Å². The molecule has 0 bridgehead atoms. The van der Waals surface area contributed by atoms with Gasteiger partial charge in [-0.05, 0) is 12.1 Å². The average molecular weight is 200 g/mol. The maximum atomic E-state index is 8.62. The highest BCUT2D eigenvalue weighted by Gasteiger charge is 2.18. The summed E-state index contributed by atoms with van der Waals surface area (Å²) in [6.07, 6.45) is 0. The first kappa shape index (κ1) is 10.8. The van der Waals surface area contributed by atoms with E-state index in [4.69, 9.17) is 15.0 Å². The first-order valence-electron chi connectivity index (χ1n) is 3.72. The van der Waals surface area contributed by atoms with Gasteiger partial charge in [0.1, 0.15) is 0 Å². The number of methoxy groups -OCH3 is 1. The van der Waals surface area contributed by atoms with Crippen LogP contribution in [-0.2, 0) is 9.61 Å². The Morgan fingerprint density at radius 3 is 2.43 bits per heavy atom. The van der Waals surface area contributed by atoms with Gasteiger partial charge in [-0.1, -0.05) is 12.1 Å². The molecule has 7 heteroatoms. The van der Waals surface area contributed by atoms with Crippen molar-refractivity contribution in [3.8, 4) is 11.5 Å². The first-order valence-corrected chi connectivity index (χ1v) is 3.72. The number of benzene rings is 1. The second-order valence-corrected chi connectivity index (χ2v) is 2.24. The third-order valence-electron chi connectivity index (χ3n) is 1.38. The Morgan fingerprint density at radius 2 is 1.86 bits per heavy atom. The topological polar surface area (TPSA) is 77.4 Å². The summed E-state index contributed by atoms with van der Waals surface area (Å²) in [6.45, 7) is 0. The molecule has 0 spiro atoms. The van der Waals surface area contributed by atoms with Gasteiger partial charge in [-0.25, -0.2) is 4.81 Å². The summed E-state index contributed by atoms with van der Waals surface area (Å²) in [5.74, 6) is 0.684. The molecule has 0 atom stereocenters. The van der Waals surface area contributed by atoms with Crippen LogP contribution in [0.3, 0.4) is 0 Å². The molecule has 0 aromatic heterocycles. The third kappa shape index (κ3) is 2.89. The maximum absolute atomic E-state index is 8.62. The smallest absolute Gasteiger partial charge is 0.493 e.